The third-order valence-electron chi connectivity index (χ3n) is 6.29. The number of fused-ring (bicyclic) bond motifs is 1. The third kappa shape index (κ3) is 3.78. The molecule has 4 amide bonds. The van der Waals surface area contributed by atoms with Gasteiger partial charge in [-0.15, -0.1) is 0 Å². The van der Waals surface area contributed by atoms with E-state index in [0.29, 0.717) is 42.6 Å². The van der Waals surface area contributed by atoms with Crippen molar-refractivity contribution in [1.82, 2.24) is 15.1 Å². The minimum absolute atomic E-state index is 0.0249. The van der Waals surface area contributed by atoms with Crippen LogP contribution in [-0.2, 0) is 4.79 Å². The van der Waals surface area contributed by atoms with Crippen LogP contribution in [0.3, 0.4) is 0 Å². The van der Waals surface area contributed by atoms with E-state index in [9.17, 15) is 19.2 Å². The number of hydrogen-bond acceptors (Lipinski definition) is 4. The summed E-state index contributed by atoms with van der Waals surface area (Å²) in [4.78, 5) is 53.0. The highest BCUT2D eigenvalue weighted by atomic mass is 16.2. The van der Waals surface area contributed by atoms with Gasteiger partial charge in [-0.1, -0.05) is 19.3 Å². The van der Waals surface area contributed by atoms with Crippen molar-refractivity contribution in [2.75, 3.05) is 13.1 Å². The van der Waals surface area contributed by atoms with E-state index in [2.05, 4.69) is 5.32 Å². The van der Waals surface area contributed by atoms with E-state index in [1.807, 2.05) is 0 Å². The van der Waals surface area contributed by atoms with E-state index >= 15 is 0 Å². The van der Waals surface area contributed by atoms with Crippen LogP contribution in [0.15, 0.2) is 18.2 Å². The lowest BCUT2D eigenvalue weighted by Gasteiger charge is -2.32. The van der Waals surface area contributed by atoms with Gasteiger partial charge in [-0.25, -0.2) is 0 Å². The summed E-state index contributed by atoms with van der Waals surface area (Å²) in [5, 5.41) is 2.90. The van der Waals surface area contributed by atoms with Crippen molar-refractivity contribution in [1.29, 1.82) is 0 Å². The van der Waals surface area contributed by atoms with Crippen molar-refractivity contribution in [2.24, 2.45) is 0 Å². The fourth-order valence-electron chi connectivity index (χ4n) is 4.76. The molecule has 2 fully saturated rings. The van der Waals surface area contributed by atoms with Gasteiger partial charge >= 0.3 is 0 Å². The Kier molecular flexibility index (Phi) is 5.39. The van der Waals surface area contributed by atoms with Crippen molar-refractivity contribution in [2.45, 2.75) is 64.0 Å². The molecule has 0 spiro atoms. The highest BCUT2D eigenvalue weighted by Gasteiger charge is 2.40. The van der Waals surface area contributed by atoms with Crippen molar-refractivity contribution in [3.8, 4) is 0 Å². The predicted octanol–water partition coefficient (Wildman–Crippen LogP) is 2.36. The number of amides is 4. The van der Waals surface area contributed by atoms with Gasteiger partial charge in [-0.3, -0.25) is 24.1 Å². The molecule has 0 unspecified atom stereocenters. The summed E-state index contributed by atoms with van der Waals surface area (Å²) < 4.78 is 0. The fraction of sp³-hybridized carbons (Fsp3) is 0.545. The first-order chi connectivity index (χ1) is 14.0. The van der Waals surface area contributed by atoms with Crippen LogP contribution in [0.4, 0.5) is 0 Å². The molecule has 1 N–H and O–H groups in total. The van der Waals surface area contributed by atoms with Gasteiger partial charge in [0, 0.05) is 37.7 Å². The molecule has 3 aliphatic rings. The molecule has 0 atom stereocenters. The molecule has 0 bridgehead atoms. The lowest BCUT2D eigenvalue weighted by atomic mass is 9.94. The largest absolute Gasteiger partial charge is 0.353 e. The number of carbonyl (C=O) groups is 4. The van der Waals surface area contributed by atoms with Crippen LogP contribution in [0.25, 0.3) is 0 Å². The number of imide groups is 1. The maximum Gasteiger partial charge on any atom is 0.261 e. The monoisotopic (exact) mass is 397 g/mol. The zero-order valence-corrected chi connectivity index (χ0v) is 16.8. The number of carbonyl (C=O) groups excluding carboxylic acids is 4. The van der Waals surface area contributed by atoms with Gasteiger partial charge in [0.25, 0.3) is 17.7 Å². The lowest BCUT2D eigenvalue weighted by Crippen LogP contribution is -2.46. The van der Waals surface area contributed by atoms with Gasteiger partial charge in [-0.2, -0.15) is 0 Å². The molecule has 1 aromatic rings. The minimum Gasteiger partial charge on any atom is -0.353 e. The van der Waals surface area contributed by atoms with Crippen LogP contribution in [-0.4, -0.2) is 58.6 Å². The second-order valence-electron chi connectivity index (χ2n) is 8.30. The number of hydrogen-bond donors (Lipinski definition) is 1. The van der Waals surface area contributed by atoms with Crippen molar-refractivity contribution in [3.05, 3.63) is 34.9 Å². The first kappa shape index (κ1) is 19.6. The second-order valence-corrected chi connectivity index (χ2v) is 8.30. The van der Waals surface area contributed by atoms with E-state index in [0.717, 1.165) is 32.1 Å². The van der Waals surface area contributed by atoms with E-state index < -0.39 is 0 Å². The molecular formula is C22H27N3O4. The highest BCUT2D eigenvalue weighted by Crippen LogP contribution is 2.31. The Morgan fingerprint density at radius 2 is 1.59 bits per heavy atom. The van der Waals surface area contributed by atoms with E-state index in [1.54, 1.807) is 23.1 Å². The molecule has 1 aliphatic carbocycles. The average Bonchev–Trinajstić information content (AvgIpc) is 2.98. The first-order valence-corrected chi connectivity index (χ1v) is 10.5. The SMILES string of the molecule is CC(=O)NC1CCN(C(=O)c2ccc3c(c2)C(=O)N(C2CCCCC2)C3=O)CC1. The van der Waals surface area contributed by atoms with Crippen molar-refractivity contribution < 1.29 is 19.2 Å². The minimum atomic E-state index is -0.268. The summed E-state index contributed by atoms with van der Waals surface area (Å²) >= 11 is 0. The molecule has 29 heavy (non-hydrogen) atoms. The normalized spacial score (nSPS) is 20.7. The topological polar surface area (TPSA) is 86.8 Å². The molecule has 7 nitrogen and oxygen atoms in total. The molecule has 1 saturated heterocycles. The maximum atomic E-state index is 12.9. The molecule has 2 heterocycles. The van der Waals surface area contributed by atoms with Crippen LogP contribution in [0.5, 0.6) is 0 Å². The molecule has 1 saturated carbocycles. The molecule has 0 aromatic heterocycles. The summed E-state index contributed by atoms with van der Waals surface area (Å²) in [5.41, 5.74) is 1.19. The Balaban J connectivity index is 1.47. The molecule has 4 rings (SSSR count). The number of benzene rings is 1. The number of nitrogens with one attached hydrogen (secondary N) is 1. The van der Waals surface area contributed by atoms with Crippen LogP contribution < -0.4 is 5.32 Å². The Morgan fingerprint density at radius 1 is 0.931 bits per heavy atom. The Morgan fingerprint density at radius 3 is 2.24 bits per heavy atom. The Labute approximate surface area is 170 Å². The number of rotatable bonds is 3. The van der Waals surface area contributed by atoms with Crippen LogP contribution in [0, 0.1) is 0 Å². The second kappa shape index (κ2) is 7.97. The summed E-state index contributed by atoms with van der Waals surface area (Å²) in [6, 6.07) is 4.93. The fourth-order valence-corrected chi connectivity index (χ4v) is 4.76. The van der Waals surface area contributed by atoms with Gasteiger partial charge in [0.05, 0.1) is 11.1 Å². The maximum absolute atomic E-state index is 12.9. The van der Waals surface area contributed by atoms with E-state index in [1.165, 1.54) is 11.8 Å². The molecule has 2 aliphatic heterocycles. The van der Waals surface area contributed by atoms with Crippen LogP contribution in [0.1, 0.15) is 82.9 Å². The summed E-state index contributed by atoms with van der Waals surface area (Å²) in [5.74, 6) is -0.688. The molecule has 0 radical (unpaired) electrons. The smallest absolute Gasteiger partial charge is 0.261 e. The Bertz CT molecular complexity index is 852. The summed E-state index contributed by atoms with van der Waals surface area (Å²) in [6.07, 6.45) is 6.37. The van der Waals surface area contributed by atoms with Crippen LogP contribution >= 0.6 is 0 Å². The highest BCUT2D eigenvalue weighted by molar-refractivity contribution is 6.22. The number of likely N-dealkylation sites (tertiary alicyclic amines) is 1. The molecule has 7 heteroatoms. The Hall–Kier alpha value is -2.70. The van der Waals surface area contributed by atoms with Crippen molar-refractivity contribution >= 4 is 23.6 Å². The first-order valence-electron chi connectivity index (χ1n) is 10.5. The van der Waals surface area contributed by atoms with Gasteiger partial charge in [0.1, 0.15) is 0 Å². The molecule has 1 aromatic carbocycles. The zero-order valence-electron chi connectivity index (χ0n) is 16.8. The lowest BCUT2D eigenvalue weighted by molar-refractivity contribution is -0.119. The van der Waals surface area contributed by atoms with Gasteiger partial charge in [0.15, 0.2) is 0 Å². The average molecular weight is 397 g/mol. The third-order valence-corrected chi connectivity index (χ3v) is 6.29. The number of nitrogens with zero attached hydrogens (tertiary/aromatic N) is 2. The summed E-state index contributed by atoms with van der Waals surface area (Å²) in [7, 11) is 0. The van der Waals surface area contributed by atoms with Gasteiger partial charge in [0.2, 0.25) is 5.91 Å². The predicted molar refractivity (Wildman–Crippen MR) is 107 cm³/mol. The van der Waals surface area contributed by atoms with Gasteiger partial charge in [-0.05, 0) is 43.9 Å². The van der Waals surface area contributed by atoms with Crippen LogP contribution in [0.2, 0.25) is 0 Å². The van der Waals surface area contributed by atoms with E-state index in [4.69, 9.17) is 0 Å². The van der Waals surface area contributed by atoms with Crippen molar-refractivity contribution in [3.63, 3.8) is 0 Å². The standard InChI is InChI=1S/C22H27N3O4/c1-14(26)23-16-9-11-24(12-10-16)20(27)15-7-8-18-19(13-15)22(29)25(21(18)28)17-5-3-2-4-6-17/h7-8,13,16-17H,2-6,9-12H2,1H3,(H,23,26). The summed E-state index contributed by atoms with van der Waals surface area (Å²) in [6.45, 7) is 2.61. The van der Waals surface area contributed by atoms with E-state index in [-0.39, 0.29) is 35.7 Å². The molecular weight excluding hydrogens is 370 g/mol. The molecule has 154 valence electrons. The van der Waals surface area contributed by atoms with Gasteiger partial charge < -0.3 is 10.2 Å². The zero-order chi connectivity index (χ0) is 20.5. The number of piperidine rings is 1. The quantitative estimate of drug-likeness (QED) is 0.794.